The van der Waals surface area contributed by atoms with Crippen molar-refractivity contribution in [2.45, 2.75) is 19.1 Å². The SMILES string of the molecule is CCOCOc1ccccc1C(=O)[C@@H]1O[C@H]1c1ccccc1. The molecule has 0 unspecified atom stereocenters. The molecule has 0 spiro atoms. The fraction of sp³-hybridized carbons (Fsp3) is 0.278. The van der Waals surface area contributed by atoms with Gasteiger partial charge < -0.3 is 14.2 Å². The third-order valence-electron chi connectivity index (χ3n) is 3.53. The smallest absolute Gasteiger partial charge is 0.198 e. The van der Waals surface area contributed by atoms with Crippen molar-refractivity contribution in [3.05, 3.63) is 65.7 Å². The zero-order valence-electron chi connectivity index (χ0n) is 12.4. The van der Waals surface area contributed by atoms with E-state index < -0.39 is 6.10 Å². The van der Waals surface area contributed by atoms with Crippen LogP contribution >= 0.6 is 0 Å². The first-order chi connectivity index (χ1) is 10.8. The first-order valence-electron chi connectivity index (χ1n) is 7.35. The molecule has 2 aromatic rings. The molecule has 4 nitrogen and oxygen atoms in total. The van der Waals surface area contributed by atoms with Gasteiger partial charge in [-0.2, -0.15) is 0 Å². The van der Waals surface area contributed by atoms with E-state index in [1.165, 1.54) is 0 Å². The van der Waals surface area contributed by atoms with E-state index >= 15 is 0 Å². The molecule has 22 heavy (non-hydrogen) atoms. The average Bonchev–Trinajstić information content (AvgIpc) is 3.36. The Hall–Kier alpha value is -2.17. The molecule has 114 valence electrons. The van der Waals surface area contributed by atoms with Crippen molar-refractivity contribution in [3.63, 3.8) is 0 Å². The summed E-state index contributed by atoms with van der Waals surface area (Å²) in [5.74, 6) is 0.476. The highest BCUT2D eigenvalue weighted by Crippen LogP contribution is 2.41. The summed E-state index contributed by atoms with van der Waals surface area (Å²) in [5, 5.41) is 0. The van der Waals surface area contributed by atoms with Crippen LogP contribution in [0.4, 0.5) is 0 Å². The number of hydrogen-bond acceptors (Lipinski definition) is 4. The predicted molar refractivity (Wildman–Crippen MR) is 81.9 cm³/mol. The molecule has 0 N–H and O–H groups in total. The zero-order valence-corrected chi connectivity index (χ0v) is 12.4. The van der Waals surface area contributed by atoms with Crippen molar-refractivity contribution in [1.82, 2.24) is 0 Å². The van der Waals surface area contributed by atoms with E-state index in [0.717, 1.165) is 5.56 Å². The molecule has 0 amide bonds. The van der Waals surface area contributed by atoms with Gasteiger partial charge in [0.15, 0.2) is 18.7 Å². The van der Waals surface area contributed by atoms with Gasteiger partial charge in [0.2, 0.25) is 0 Å². The minimum Gasteiger partial charge on any atom is -0.467 e. The van der Waals surface area contributed by atoms with E-state index in [4.69, 9.17) is 14.2 Å². The van der Waals surface area contributed by atoms with Crippen LogP contribution in [0.25, 0.3) is 0 Å². The van der Waals surface area contributed by atoms with E-state index in [0.29, 0.717) is 17.9 Å². The normalized spacial score (nSPS) is 19.7. The number of carbonyl (C=O) groups is 1. The number of ether oxygens (including phenoxy) is 3. The second-order valence-electron chi connectivity index (χ2n) is 5.00. The Labute approximate surface area is 129 Å². The molecule has 3 rings (SSSR count). The molecule has 1 saturated heterocycles. The number of rotatable bonds is 7. The van der Waals surface area contributed by atoms with Gasteiger partial charge in [0.1, 0.15) is 11.9 Å². The van der Waals surface area contributed by atoms with Crippen LogP contribution in [0.15, 0.2) is 54.6 Å². The molecule has 2 aromatic carbocycles. The van der Waals surface area contributed by atoms with Crippen molar-refractivity contribution < 1.29 is 19.0 Å². The number of para-hydroxylation sites is 1. The van der Waals surface area contributed by atoms with Gasteiger partial charge in [-0.05, 0) is 24.6 Å². The third kappa shape index (κ3) is 3.18. The van der Waals surface area contributed by atoms with E-state index in [2.05, 4.69) is 0 Å². The van der Waals surface area contributed by atoms with Crippen LogP contribution < -0.4 is 4.74 Å². The zero-order chi connectivity index (χ0) is 15.4. The molecule has 1 aliphatic heterocycles. The van der Waals surface area contributed by atoms with Crippen LogP contribution in [0.3, 0.4) is 0 Å². The molecule has 1 aliphatic rings. The second kappa shape index (κ2) is 6.73. The molecule has 2 atom stereocenters. The molecule has 0 saturated carbocycles. The lowest BCUT2D eigenvalue weighted by Gasteiger charge is -2.09. The number of carbonyl (C=O) groups excluding carboxylic acids is 1. The van der Waals surface area contributed by atoms with Crippen molar-refractivity contribution in [3.8, 4) is 5.75 Å². The van der Waals surface area contributed by atoms with Crippen LogP contribution in [-0.2, 0) is 9.47 Å². The molecule has 4 heteroatoms. The van der Waals surface area contributed by atoms with Gasteiger partial charge in [0, 0.05) is 6.61 Å². The maximum atomic E-state index is 12.6. The summed E-state index contributed by atoms with van der Waals surface area (Å²) in [6.07, 6.45) is -0.590. The van der Waals surface area contributed by atoms with E-state index in [1.807, 2.05) is 49.4 Å². The Morgan fingerprint density at radius 2 is 1.82 bits per heavy atom. The summed E-state index contributed by atoms with van der Waals surface area (Å²) in [6, 6.07) is 16.9. The minimum atomic E-state index is -0.431. The van der Waals surface area contributed by atoms with Crippen molar-refractivity contribution in [1.29, 1.82) is 0 Å². The van der Waals surface area contributed by atoms with Gasteiger partial charge in [0.25, 0.3) is 0 Å². The molecule has 1 heterocycles. The lowest BCUT2D eigenvalue weighted by molar-refractivity contribution is 0.0219. The summed E-state index contributed by atoms with van der Waals surface area (Å²) >= 11 is 0. The molecule has 0 bridgehead atoms. The van der Waals surface area contributed by atoms with E-state index in [1.54, 1.807) is 12.1 Å². The lowest BCUT2D eigenvalue weighted by Crippen LogP contribution is -2.12. The van der Waals surface area contributed by atoms with Crippen LogP contribution in [0.5, 0.6) is 5.75 Å². The van der Waals surface area contributed by atoms with Crippen LogP contribution in [0.1, 0.15) is 28.9 Å². The summed E-state index contributed by atoms with van der Waals surface area (Å²) in [4.78, 5) is 12.6. The largest absolute Gasteiger partial charge is 0.467 e. The summed E-state index contributed by atoms with van der Waals surface area (Å²) in [6.45, 7) is 2.59. The standard InChI is InChI=1S/C18H18O4/c1-2-20-12-21-15-11-7-6-10-14(15)16(19)18-17(22-18)13-8-4-3-5-9-13/h3-11,17-18H,2,12H2,1H3/t17-,18-/m0/s1. The Morgan fingerprint density at radius 3 is 2.59 bits per heavy atom. The van der Waals surface area contributed by atoms with Gasteiger partial charge in [-0.15, -0.1) is 0 Å². The number of Topliss-reactive ketones (excluding diaryl/α,β-unsaturated/α-hetero) is 1. The van der Waals surface area contributed by atoms with E-state index in [-0.39, 0.29) is 18.7 Å². The third-order valence-corrected chi connectivity index (χ3v) is 3.53. The highest BCUT2D eigenvalue weighted by Gasteiger charge is 2.46. The van der Waals surface area contributed by atoms with Gasteiger partial charge in [-0.25, -0.2) is 0 Å². The maximum Gasteiger partial charge on any atom is 0.198 e. The van der Waals surface area contributed by atoms with Crippen molar-refractivity contribution >= 4 is 5.78 Å². The first-order valence-corrected chi connectivity index (χ1v) is 7.35. The van der Waals surface area contributed by atoms with Crippen molar-refractivity contribution in [2.75, 3.05) is 13.4 Å². The van der Waals surface area contributed by atoms with Gasteiger partial charge in [-0.1, -0.05) is 42.5 Å². The van der Waals surface area contributed by atoms with Crippen LogP contribution in [0, 0.1) is 0 Å². The fourth-order valence-electron chi connectivity index (χ4n) is 2.35. The molecule has 0 aromatic heterocycles. The van der Waals surface area contributed by atoms with Crippen molar-refractivity contribution in [2.24, 2.45) is 0 Å². The molecule has 1 fully saturated rings. The highest BCUT2D eigenvalue weighted by molar-refractivity contribution is 6.03. The average molecular weight is 298 g/mol. The minimum absolute atomic E-state index is 0.0547. The molecule has 0 aliphatic carbocycles. The lowest BCUT2D eigenvalue weighted by atomic mass is 10.0. The molecule has 0 radical (unpaired) electrons. The summed E-state index contributed by atoms with van der Waals surface area (Å²) in [5.41, 5.74) is 1.55. The maximum absolute atomic E-state index is 12.6. The first kappa shape index (κ1) is 14.8. The number of ketones is 1. The fourth-order valence-corrected chi connectivity index (χ4v) is 2.35. The van der Waals surface area contributed by atoms with Gasteiger partial charge in [-0.3, -0.25) is 4.79 Å². The summed E-state index contributed by atoms with van der Waals surface area (Å²) < 4.78 is 16.3. The van der Waals surface area contributed by atoms with Gasteiger partial charge in [0.05, 0.1) is 5.56 Å². The molecular weight excluding hydrogens is 280 g/mol. The number of epoxide rings is 1. The number of hydrogen-bond donors (Lipinski definition) is 0. The summed E-state index contributed by atoms with van der Waals surface area (Å²) in [7, 11) is 0. The number of benzene rings is 2. The Bertz CT molecular complexity index is 639. The van der Waals surface area contributed by atoms with Crippen LogP contribution in [0.2, 0.25) is 0 Å². The monoisotopic (exact) mass is 298 g/mol. The Kier molecular flexibility index (Phi) is 4.51. The Morgan fingerprint density at radius 1 is 1.09 bits per heavy atom. The topological polar surface area (TPSA) is 48.1 Å². The van der Waals surface area contributed by atoms with Gasteiger partial charge >= 0.3 is 0 Å². The predicted octanol–water partition coefficient (Wildman–Crippen LogP) is 3.38. The quantitative estimate of drug-likeness (QED) is 0.340. The Balaban J connectivity index is 1.71. The highest BCUT2D eigenvalue weighted by atomic mass is 16.7. The molecular formula is C18H18O4. The van der Waals surface area contributed by atoms with E-state index in [9.17, 15) is 4.79 Å². The van der Waals surface area contributed by atoms with Crippen LogP contribution in [-0.4, -0.2) is 25.3 Å². The second-order valence-corrected chi connectivity index (χ2v) is 5.00.